The van der Waals surface area contributed by atoms with Crippen LogP contribution in [-0.2, 0) is 19.4 Å². The van der Waals surface area contributed by atoms with E-state index < -0.39 is 26.4 Å². The van der Waals surface area contributed by atoms with Gasteiger partial charge in [-0.2, -0.15) is 0 Å². The fraction of sp³-hybridized carbons (Fsp3) is 0.857. The van der Waals surface area contributed by atoms with E-state index in [1.165, 1.54) is 13.8 Å². The molecule has 1 saturated heterocycles. The van der Waals surface area contributed by atoms with E-state index in [1.54, 1.807) is 0 Å². The van der Waals surface area contributed by atoms with Crippen molar-refractivity contribution in [1.29, 1.82) is 0 Å². The first kappa shape index (κ1) is 10.5. The number of hydrogen-bond acceptors (Lipinski definition) is 4. The SMILES string of the molecule is CC(C)S(=O)(=O)C1OCCNC1=O. The van der Waals surface area contributed by atoms with Crippen LogP contribution in [0.3, 0.4) is 0 Å². The monoisotopic (exact) mass is 207 g/mol. The zero-order chi connectivity index (χ0) is 10.1. The van der Waals surface area contributed by atoms with E-state index in [9.17, 15) is 13.2 Å². The molecule has 1 fully saturated rings. The quantitative estimate of drug-likeness (QED) is 0.648. The predicted octanol–water partition coefficient (Wildman–Crippen LogP) is -0.718. The maximum atomic E-state index is 11.5. The van der Waals surface area contributed by atoms with Gasteiger partial charge in [0.25, 0.3) is 5.91 Å². The van der Waals surface area contributed by atoms with Crippen LogP contribution in [0.5, 0.6) is 0 Å². The molecule has 13 heavy (non-hydrogen) atoms. The molecular weight excluding hydrogens is 194 g/mol. The van der Waals surface area contributed by atoms with Crippen molar-refractivity contribution < 1.29 is 17.9 Å². The Bertz CT molecular complexity index is 296. The third-order valence-electron chi connectivity index (χ3n) is 1.84. The molecule has 1 aliphatic rings. The molecule has 0 aromatic rings. The summed E-state index contributed by atoms with van der Waals surface area (Å²) < 4.78 is 27.9. The summed E-state index contributed by atoms with van der Waals surface area (Å²) in [6.45, 7) is 3.69. The van der Waals surface area contributed by atoms with Gasteiger partial charge in [-0.05, 0) is 13.8 Å². The van der Waals surface area contributed by atoms with Crippen molar-refractivity contribution >= 4 is 15.7 Å². The molecule has 0 aliphatic carbocycles. The lowest BCUT2D eigenvalue weighted by Gasteiger charge is -2.23. The zero-order valence-corrected chi connectivity index (χ0v) is 8.43. The Hall–Kier alpha value is -0.620. The minimum atomic E-state index is -3.48. The minimum Gasteiger partial charge on any atom is -0.352 e. The summed E-state index contributed by atoms with van der Waals surface area (Å²) in [5.41, 5.74) is -1.32. The number of rotatable bonds is 2. The predicted molar refractivity (Wildman–Crippen MR) is 46.8 cm³/mol. The number of carbonyl (C=O) groups excluding carboxylic acids is 1. The highest BCUT2D eigenvalue weighted by atomic mass is 32.2. The Kier molecular flexibility index (Phi) is 2.92. The summed E-state index contributed by atoms with van der Waals surface area (Å²) in [7, 11) is -3.48. The number of morpholine rings is 1. The van der Waals surface area contributed by atoms with Crippen LogP contribution in [0.25, 0.3) is 0 Å². The average Bonchev–Trinajstić information content (AvgIpc) is 2.04. The van der Waals surface area contributed by atoms with Crippen molar-refractivity contribution in [2.75, 3.05) is 13.2 Å². The van der Waals surface area contributed by atoms with Crippen LogP contribution in [0.15, 0.2) is 0 Å². The van der Waals surface area contributed by atoms with Crippen molar-refractivity contribution in [3.63, 3.8) is 0 Å². The van der Waals surface area contributed by atoms with Gasteiger partial charge in [-0.25, -0.2) is 8.42 Å². The lowest BCUT2D eigenvalue weighted by atomic mass is 10.5. The zero-order valence-electron chi connectivity index (χ0n) is 7.61. The van der Waals surface area contributed by atoms with Gasteiger partial charge in [-0.1, -0.05) is 0 Å². The van der Waals surface area contributed by atoms with E-state index in [-0.39, 0.29) is 6.61 Å². The summed E-state index contributed by atoms with van der Waals surface area (Å²) in [6.07, 6.45) is 0. The normalized spacial score (nSPS) is 24.5. The average molecular weight is 207 g/mol. The van der Waals surface area contributed by atoms with Crippen LogP contribution in [0.2, 0.25) is 0 Å². The summed E-state index contributed by atoms with van der Waals surface area (Å²) in [6, 6.07) is 0. The van der Waals surface area contributed by atoms with Gasteiger partial charge in [-0.15, -0.1) is 0 Å². The summed E-state index contributed by atoms with van der Waals surface area (Å²) in [5, 5.41) is 1.85. The van der Waals surface area contributed by atoms with Crippen molar-refractivity contribution in [3.8, 4) is 0 Å². The third kappa shape index (κ3) is 2.00. The van der Waals surface area contributed by atoms with Gasteiger partial charge in [0.05, 0.1) is 11.9 Å². The Morgan fingerprint density at radius 2 is 2.15 bits per heavy atom. The summed E-state index contributed by atoms with van der Waals surface area (Å²) in [5.74, 6) is -0.556. The van der Waals surface area contributed by atoms with Gasteiger partial charge < -0.3 is 10.1 Å². The molecule has 1 unspecified atom stereocenters. The van der Waals surface area contributed by atoms with E-state index in [2.05, 4.69) is 5.32 Å². The molecule has 0 spiro atoms. The fourth-order valence-corrected chi connectivity index (χ4v) is 2.15. The highest BCUT2D eigenvalue weighted by Crippen LogP contribution is 2.12. The smallest absolute Gasteiger partial charge is 0.265 e. The molecule has 1 amide bonds. The number of carbonyl (C=O) groups is 1. The van der Waals surface area contributed by atoms with Crippen LogP contribution >= 0.6 is 0 Å². The number of hydrogen-bond donors (Lipinski definition) is 1. The Morgan fingerprint density at radius 1 is 1.54 bits per heavy atom. The molecule has 0 saturated carbocycles. The van der Waals surface area contributed by atoms with Crippen LogP contribution in [0.1, 0.15) is 13.8 Å². The van der Waals surface area contributed by atoms with Crippen molar-refractivity contribution in [2.24, 2.45) is 0 Å². The molecule has 1 aliphatic heterocycles. The first-order valence-electron chi connectivity index (χ1n) is 4.08. The molecule has 0 radical (unpaired) electrons. The molecule has 1 rings (SSSR count). The van der Waals surface area contributed by atoms with Crippen molar-refractivity contribution in [3.05, 3.63) is 0 Å². The highest BCUT2D eigenvalue weighted by Gasteiger charge is 2.37. The maximum Gasteiger partial charge on any atom is 0.265 e. The van der Waals surface area contributed by atoms with Gasteiger partial charge in [0.1, 0.15) is 0 Å². The largest absolute Gasteiger partial charge is 0.352 e. The van der Waals surface area contributed by atoms with Crippen LogP contribution in [-0.4, -0.2) is 38.2 Å². The molecule has 1 heterocycles. The second-order valence-electron chi connectivity index (χ2n) is 3.13. The second kappa shape index (κ2) is 3.63. The Labute approximate surface area is 77.4 Å². The molecule has 76 valence electrons. The lowest BCUT2D eigenvalue weighted by Crippen LogP contribution is -2.50. The van der Waals surface area contributed by atoms with E-state index in [0.717, 1.165) is 0 Å². The lowest BCUT2D eigenvalue weighted by molar-refractivity contribution is -0.131. The van der Waals surface area contributed by atoms with Gasteiger partial charge >= 0.3 is 0 Å². The van der Waals surface area contributed by atoms with E-state index in [0.29, 0.717) is 6.54 Å². The molecule has 5 nitrogen and oxygen atoms in total. The third-order valence-corrected chi connectivity index (χ3v) is 4.10. The number of sulfone groups is 1. The molecular formula is C7H13NO4S. The van der Waals surface area contributed by atoms with E-state index in [1.807, 2.05) is 0 Å². The molecule has 1 N–H and O–H groups in total. The Balaban J connectivity index is 2.87. The number of nitrogens with one attached hydrogen (secondary N) is 1. The number of amides is 1. The van der Waals surface area contributed by atoms with Crippen molar-refractivity contribution in [1.82, 2.24) is 5.32 Å². The Morgan fingerprint density at radius 3 is 2.62 bits per heavy atom. The molecule has 0 aromatic carbocycles. The molecule has 0 bridgehead atoms. The number of ether oxygens (including phenoxy) is 1. The van der Waals surface area contributed by atoms with Gasteiger partial charge in [0.2, 0.25) is 5.44 Å². The molecule has 1 atom stereocenters. The van der Waals surface area contributed by atoms with Gasteiger partial charge in [0, 0.05) is 6.54 Å². The molecule has 6 heteroatoms. The highest BCUT2D eigenvalue weighted by molar-refractivity contribution is 7.93. The molecule has 0 aromatic heterocycles. The fourth-order valence-electron chi connectivity index (χ4n) is 0.990. The second-order valence-corrected chi connectivity index (χ2v) is 5.68. The van der Waals surface area contributed by atoms with Crippen LogP contribution in [0.4, 0.5) is 0 Å². The van der Waals surface area contributed by atoms with Gasteiger partial charge in [0.15, 0.2) is 9.84 Å². The van der Waals surface area contributed by atoms with Gasteiger partial charge in [-0.3, -0.25) is 4.79 Å². The van der Waals surface area contributed by atoms with E-state index in [4.69, 9.17) is 4.74 Å². The van der Waals surface area contributed by atoms with Crippen LogP contribution in [0, 0.1) is 0 Å². The van der Waals surface area contributed by atoms with E-state index >= 15 is 0 Å². The maximum absolute atomic E-state index is 11.5. The first-order valence-corrected chi connectivity index (χ1v) is 5.69. The summed E-state index contributed by atoms with van der Waals surface area (Å²) in [4.78, 5) is 11.1. The van der Waals surface area contributed by atoms with Crippen LogP contribution < -0.4 is 5.32 Å². The topological polar surface area (TPSA) is 72.5 Å². The summed E-state index contributed by atoms with van der Waals surface area (Å²) >= 11 is 0. The minimum absolute atomic E-state index is 0.252. The van der Waals surface area contributed by atoms with Crippen molar-refractivity contribution in [2.45, 2.75) is 24.5 Å². The first-order chi connectivity index (χ1) is 5.96. The standard InChI is InChI=1S/C7H13NO4S/c1-5(2)13(10,11)7-6(9)8-3-4-12-7/h5,7H,3-4H2,1-2H3,(H,8,9).